The van der Waals surface area contributed by atoms with Gasteiger partial charge in [0.15, 0.2) is 6.29 Å². The second-order valence-corrected chi connectivity index (χ2v) is 6.42. The van der Waals surface area contributed by atoms with Gasteiger partial charge in [0.2, 0.25) is 0 Å². The number of esters is 1. The number of ether oxygens (including phenoxy) is 3. The molecule has 0 saturated carbocycles. The van der Waals surface area contributed by atoms with Crippen LogP contribution in [0.1, 0.15) is 33.1 Å². The van der Waals surface area contributed by atoms with Crippen LogP contribution in [0, 0.1) is 5.92 Å². The molecule has 0 spiro atoms. The third kappa shape index (κ3) is 6.65. The molecule has 8 nitrogen and oxygen atoms in total. The second-order valence-electron chi connectivity index (χ2n) is 6.42. The largest absolute Gasteiger partial charge is 0.466 e. The quantitative estimate of drug-likeness (QED) is 0.326. The number of carbonyl (C=O) groups excluding carboxylic acids is 1. The zero-order valence-electron chi connectivity index (χ0n) is 15.0. The predicted molar refractivity (Wildman–Crippen MR) is 88.5 cm³/mol. The van der Waals surface area contributed by atoms with E-state index < -0.39 is 37.3 Å². The van der Waals surface area contributed by atoms with Gasteiger partial charge in [-0.15, -0.1) is 0 Å². The fourth-order valence-corrected chi connectivity index (χ4v) is 2.56. The van der Waals surface area contributed by atoms with Crippen LogP contribution in [-0.2, 0) is 19.0 Å². The lowest BCUT2D eigenvalue weighted by molar-refractivity contribution is -0.301. The molecule has 1 rings (SSSR count). The zero-order chi connectivity index (χ0) is 19.0. The van der Waals surface area contributed by atoms with E-state index in [4.69, 9.17) is 14.6 Å². The smallest absolute Gasteiger partial charge is 0.333 e. The van der Waals surface area contributed by atoms with Crippen molar-refractivity contribution >= 4 is 5.97 Å². The molecule has 0 aromatic carbocycles. The molecule has 1 fully saturated rings. The molecule has 4 N–H and O–H groups in total. The third-order valence-corrected chi connectivity index (χ3v) is 4.36. The van der Waals surface area contributed by atoms with Crippen LogP contribution in [-0.4, -0.2) is 77.4 Å². The van der Waals surface area contributed by atoms with Gasteiger partial charge in [-0.3, -0.25) is 0 Å². The Bertz CT molecular complexity index is 436. The number of carbonyl (C=O) groups is 1. The lowest BCUT2D eigenvalue weighted by Crippen LogP contribution is -2.59. The van der Waals surface area contributed by atoms with Crippen molar-refractivity contribution in [1.82, 2.24) is 0 Å². The van der Waals surface area contributed by atoms with Crippen molar-refractivity contribution < 1.29 is 39.4 Å². The first-order chi connectivity index (χ1) is 11.8. The van der Waals surface area contributed by atoms with E-state index in [9.17, 15) is 20.1 Å². The predicted octanol–water partition coefficient (Wildman–Crippen LogP) is -0.271. The van der Waals surface area contributed by atoms with Gasteiger partial charge in [0.25, 0.3) is 0 Å². The van der Waals surface area contributed by atoms with Crippen LogP contribution >= 0.6 is 0 Å². The van der Waals surface area contributed by atoms with Gasteiger partial charge in [0, 0.05) is 5.57 Å². The molecule has 8 heteroatoms. The second kappa shape index (κ2) is 10.8. The molecule has 0 bridgehead atoms. The summed E-state index contributed by atoms with van der Waals surface area (Å²) < 4.78 is 15.4. The van der Waals surface area contributed by atoms with Crippen molar-refractivity contribution in [2.24, 2.45) is 5.92 Å². The van der Waals surface area contributed by atoms with E-state index >= 15 is 0 Å². The number of methoxy groups -OCH3 is 1. The first-order valence-electron chi connectivity index (χ1n) is 8.49. The Labute approximate surface area is 148 Å². The number of aliphatic hydroxyl groups excluding tert-OH is 4. The SMILES string of the molecule is COC(=O)/C(C)=C/CCC(C)CCO[C@@H]1O[C@H](CO)[C@@H](O)[C@H](O)[C@H]1O. The molecule has 1 unspecified atom stereocenters. The van der Waals surface area contributed by atoms with Crippen molar-refractivity contribution in [3.8, 4) is 0 Å². The number of allylic oxidation sites excluding steroid dienone is 1. The summed E-state index contributed by atoms with van der Waals surface area (Å²) in [6.45, 7) is 3.56. The van der Waals surface area contributed by atoms with Crippen molar-refractivity contribution in [3.05, 3.63) is 11.6 Å². The highest BCUT2D eigenvalue weighted by Gasteiger charge is 2.43. The molecule has 1 heterocycles. The Balaban J connectivity index is 2.32. The van der Waals surface area contributed by atoms with E-state index in [0.29, 0.717) is 24.5 Å². The lowest BCUT2D eigenvalue weighted by Gasteiger charge is -2.39. The molecule has 0 radical (unpaired) electrons. The van der Waals surface area contributed by atoms with E-state index in [1.807, 2.05) is 13.0 Å². The summed E-state index contributed by atoms with van der Waals surface area (Å²) in [6, 6.07) is 0. The van der Waals surface area contributed by atoms with Crippen LogP contribution in [0.25, 0.3) is 0 Å². The van der Waals surface area contributed by atoms with E-state index in [1.165, 1.54) is 7.11 Å². The third-order valence-electron chi connectivity index (χ3n) is 4.36. The molecular formula is C17H30O8. The van der Waals surface area contributed by atoms with Crippen LogP contribution < -0.4 is 0 Å². The van der Waals surface area contributed by atoms with E-state index in [-0.39, 0.29) is 5.97 Å². The molecule has 6 atom stereocenters. The average Bonchev–Trinajstić information content (AvgIpc) is 2.60. The summed E-state index contributed by atoms with van der Waals surface area (Å²) in [5.41, 5.74) is 0.576. The highest BCUT2D eigenvalue weighted by Crippen LogP contribution is 2.22. The van der Waals surface area contributed by atoms with Crippen LogP contribution in [0.15, 0.2) is 11.6 Å². The average molecular weight is 362 g/mol. The van der Waals surface area contributed by atoms with Crippen LogP contribution in [0.5, 0.6) is 0 Å². The van der Waals surface area contributed by atoms with Crippen molar-refractivity contribution in [3.63, 3.8) is 0 Å². The van der Waals surface area contributed by atoms with Crippen LogP contribution in [0.2, 0.25) is 0 Å². The van der Waals surface area contributed by atoms with Gasteiger partial charge in [-0.2, -0.15) is 0 Å². The lowest BCUT2D eigenvalue weighted by atomic mass is 9.99. The van der Waals surface area contributed by atoms with E-state index in [2.05, 4.69) is 4.74 Å². The van der Waals surface area contributed by atoms with Gasteiger partial charge in [0.05, 0.1) is 20.3 Å². The molecule has 25 heavy (non-hydrogen) atoms. The molecule has 0 amide bonds. The summed E-state index contributed by atoms with van der Waals surface area (Å²) in [7, 11) is 1.35. The van der Waals surface area contributed by atoms with Gasteiger partial charge in [0.1, 0.15) is 24.4 Å². The maximum absolute atomic E-state index is 11.3. The minimum Gasteiger partial charge on any atom is -0.466 e. The summed E-state index contributed by atoms with van der Waals surface area (Å²) in [5.74, 6) is -0.0230. The van der Waals surface area contributed by atoms with Gasteiger partial charge >= 0.3 is 5.97 Å². The van der Waals surface area contributed by atoms with Gasteiger partial charge in [-0.1, -0.05) is 13.0 Å². The number of aliphatic hydroxyl groups is 4. The van der Waals surface area contributed by atoms with Crippen molar-refractivity contribution in [1.29, 1.82) is 0 Å². The van der Waals surface area contributed by atoms with Gasteiger partial charge in [-0.25, -0.2) is 4.79 Å². The Morgan fingerprint density at radius 3 is 2.48 bits per heavy atom. The summed E-state index contributed by atoms with van der Waals surface area (Å²) in [5, 5.41) is 38.4. The fraction of sp³-hybridized carbons (Fsp3) is 0.824. The Morgan fingerprint density at radius 1 is 1.20 bits per heavy atom. The maximum Gasteiger partial charge on any atom is 0.333 e. The topological polar surface area (TPSA) is 126 Å². The number of hydrogen-bond donors (Lipinski definition) is 4. The highest BCUT2D eigenvalue weighted by atomic mass is 16.7. The molecule has 1 aliphatic heterocycles. The first-order valence-corrected chi connectivity index (χ1v) is 8.49. The van der Waals surface area contributed by atoms with Crippen molar-refractivity contribution in [2.45, 2.75) is 63.8 Å². The Morgan fingerprint density at radius 2 is 1.88 bits per heavy atom. The van der Waals surface area contributed by atoms with Crippen LogP contribution in [0.3, 0.4) is 0 Å². The highest BCUT2D eigenvalue weighted by molar-refractivity contribution is 5.87. The Hall–Kier alpha value is -1.03. The van der Waals surface area contributed by atoms with E-state index in [1.54, 1.807) is 6.92 Å². The minimum atomic E-state index is -1.43. The summed E-state index contributed by atoms with van der Waals surface area (Å²) in [4.78, 5) is 11.3. The maximum atomic E-state index is 11.3. The summed E-state index contributed by atoms with van der Waals surface area (Å²) >= 11 is 0. The number of hydrogen-bond acceptors (Lipinski definition) is 8. The standard InChI is InChI=1S/C17H30O8/c1-10(5-4-6-11(2)16(22)23-3)7-8-24-17-15(21)14(20)13(19)12(9-18)25-17/h6,10,12-15,17-21H,4-5,7-9H2,1-3H3/b11-6+/t10?,12-,13-,14+,15-,17-/m1/s1. The Kier molecular flexibility index (Phi) is 9.55. The fourth-order valence-electron chi connectivity index (χ4n) is 2.56. The molecule has 146 valence electrons. The van der Waals surface area contributed by atoms with Crippen LogP contribution in [0.4, 0.5) is 0 Å². The monoisotopic (exact) mass is 362 g/mol. The van der Waals surface area contributed by atoms with E-state index in [0.717, 1.165) is 12.8 Å². The first kappa shape index (κ1) is 22.0. The molecule has 0 aromatic rings. The minimum absolute atomic E-state index is 0.295. The van der Waals surface area contributed by atoms with Gasteiger partial charge in [-0.05, 0) is 32.1 Å². The normalized spacial score (nSPS) is 31.6. The zero-order valence-corrected chi connectivity index (χ0v) is 15.0. The molecule has 0 aromatic heterocycles. The molecule has 0 aliphatic carbocycles. The molecule has 1 saturated heterocycles. The van der Waals surface area contributed by atoms with Crippen molar-refractivity contribution in [2.75, 3.05) is 20.3 Å². The molecular weight excluding hydrogens is 332 g/mol. The summed E-state index contributed by atoms with van der Waals surface area (Å²) in [6.07, 6.45) is -2.13. The molecule has 1 aliphatic rings. The van der Waals surface area contributed by atoms with Gasteiger partial charge < -0.3 is 34.6 Å². The number of rotatable bonds is 9.